The van der Waals surface area contributed by atoms with Crippen LogP contribution in [0.3, 0.4) is 0 Å². The van der Waals surface area contributed by atoms with E-state index in [-0.39, 0.29) is 12.1 Å². The fraction of sp³-hybridized carbons (Fsp3) is 0.579. The SMILES string of the molecule is CN1CCN(c2cccc(NC(=O)N3CCN([C@H]4CCNC4)CC3)c2)C1=O. The molecule has 3 saturated heterocycles. The number of urea groups is 2. The molecule has 0 saturated carbocycles. The molecule has 0 bridgehead atoms. The molecule has 3 aliphatic rings. The van der Waals surface area contributed by atoms with Crippen LogP contribution in [0, 0.1) is 0 Å². The van der Waals surface area contributed by atoms with Crippen LogP contribution >= 0.6 is 0 Å². The minimum atomic E-state index is -0.0683. The summed E-state index contributed by atoms with van der Waals surface area (Å²) in [4.78, 5) is 32.6. The number of carbonyl (C=O) groups is 2. The number of benzene rings is 1. The number of nitrogens with one attached hydrogen (secondary N) is 2. The monoisotopic (exact) mass is 372 g/mol. The largest absolute Gasteiger partial charge is 0.326 e. The molecule has 146 valence electrons. The summed E-state index contributed by atoms with van der Waals surface area (Å²) >= 11 is 0. The van der Waals surface area contributed by atoms with Crippen molar-refractivity contribution in [2.75, 3.05) is 69.6 Å². The van der Waals surface area contributed by atoms with Crippen molar-refractivity contribution in [2.45, 2.75) is 12.5 Å². The zero-order chi connectivity index (χ0) is 18.8. The van der Waals surface area contributed by atoms with Crippen molar-refractivity contribution in [1.29, 1.82) is 0 Å². The van der Waals surface area contributed by atoms with Gasteiger partial charge in [-0.15, -0.1) is 0 Å². The van der Waals surface area contributed by atoms with Gasteiger partial charge in [0.25, 0.3) is 0 Å². The first-order valence-corrected chi connectivity index (χ1v) is 9.75. The molecule has 0 spiro atoms. The molecule has 1 aromatic carbocycles. The second kappa shape index (κ2) is 7.74. The first kappa shape index (κ1) is 18.1. The quantitative estimate of drug-likeness (QED) is 0.833. The average Bonchev–Trinajstić information content (AvgIpc) is 3.33. The highest BCUT2D eigenvalue weighted by atomic mass is 16.2. The minimum absolute atomic E-state index is 0.00370. The van der Waals surface area contributed by atoms with Gasteiger partial charge in [0.05, 0.1) is 0 Å². The third-order valence-corrected chi connectivity index (χ3v) is 5.78. The van der Waals surface area contributed by atoms with E-state index in [4.69, 9.17) is 0 Å². The highest BCUT2D eigenvalue weighted by Crippen LogP contribution is 2.23. The summed E-state index contributed by atoms with van der Waals surface area (Å²) < 4.78 is 0. The lowest BCUT2D eigenvalue weighted by Crippen LogP contribution is -2.53. The lowest BCUT2D eigenvalue weighted by atomic mass is 10.2. The second-order valence-electron chi connectivity index (χ2n) is 7.51. The van der Waals surface area contributed by atoms with E-state index in [1.165, 1.54) is 6.42 Å². The van der Waals surface area contributed by atoms with E-state index in [1.54, 1.807) is 16.8 Å². The van der Waals surface area contributed by atoms with Crippen LogP contribution in [-0.4, -0.2) is 92.2 Å². The third kappa shape index (κ3) is 3.86. The average molecular weight is 372 g/mol. The summed E-state index contributed by atoms with van der Waals surface area (Å²) in [6, 6.07) is 8.06. The van der Waals surface area contributed by atoms with E-state index in [0.717, 1.165) is 57.2 Å². The normalized spacial score (nSPS) is 24.0. The summed E-state index contributed by atoms with van der Waals surface area (Å²) in [6.07, 6.45) is 1.20. The number of piperazine rings is 1. The molecule has 8 heteroatoms. The van der Waals surface area contributed by atoms with E-state index in [2.05, 4.69) is 15.5 Å². The lowest BCUT2D eigenvalue weighted by Gasteiger charge is -2.37. The Morgan fingerprint density at radius 2 is 1.96 bits per heavy atom. The zero-order valence-electron chi connectivity index (χ0n) is 15.9. The Kier molecular flexibility index (Phi) is 5.18. The molecule has 3 heterocycles. The van der Waals surface area contributed by atoms with E-state index >= 15 is 0 Å². The van der Waals surface area contributed by atoms with E-state index in [1.807, 2.05) is 29.2 Å². The highest BCUT2D eigenvalue weighted by Gasteiger charge is 2.29. The van der Waals surface area contributed by atoms with Crippen LogP contribution in [0.5, 0.6) is 0 Å². The number of carbonyl (C=O) groups excluding carboxylic acids is 2. The minimum Gasteiger partial charge on any atom is -0.326 e. The summed E-state index contributed by atoms with van der Waals surface area (Å²) in [7, 11) is 1.80. The molecule has 2 N–H and O–H groups in total. The Hall–Kier alpha value is -2.32. The topological polar surface area (TPSA) is 71.2 Å². The summed E-state index contributed by atoms with van der Waals surface area (Å²) in [5, 5.41) is 6.40. The van der Waals surface area contributed by atoms with Crippen molar-refractivity contribution in [2.24, 2.45) is 0 Å². The molecule has 4 amide bonds. The van der Waals surface area contributed by atoms with Gasteiger partial charge in [-0.05, 0) is 31.2 Å². The van der Waals surface area contributed by atoms with Gasteiger partial charge < -0.3 is 20.4 Å². The number of anilines is 2. The fourth-order valence-electron chi connectivity index (χ4n) is 4.08. The lowest BCUT2D eigenvalue weighted by molar-refractivity contribution is 0.119. The molecule has 0 radical (unpaired) electrons. The number of hydrogen-bond donors (Lipinski definition) is 2. The molecule has 1 aromatic rings. The van der Waals surface area contributed by atoms with E-state index < -0.39 is 0 Å². The first-order chi connectivity index (χ1) is 13.1. The molecule has 0 unspecified atom stereocenters. The maximum absolute atomic E-state index is 12.6. The van der Waals surface area contributed by atoms with Crippen molar-refractivity contribution >= 4 is 23.4 Å². The van der Waals surface area contributed by atoms with Gasteiger partial charge in [0, 0.05) is 70.3 Å². The van der Waals surface area contributed by atoms with Crippen molar-refractivity contribution in [3.63, 3.8) is 0 Å². The van der Waals surface area contributed by atoms with Gasteiger partial charge in [0.1, 0.15) is 0 Å². The van der Waals surface area contributed by atoms with Gasteiger partial charge in [-0.3, -0.25) is 9.80 Å². The van der Waals surface area contributed by atoms with Crippen LogP contribution in [0.4, 0.5) is 21.0 Å². The van der Waals surface area contributed by atoms with Crippen LogP contribution in [0.2, 0.25) is 0 Å². The van der Waals surface area contributed by atoms with Gasteiger partial charge in [-0.1, -0.05) is 6.07 Å². The number of nitrogens with zero attached hydrogens (tertiary/aromatic N) is 4. The van der Waals surface area contributed by atoms with Crippen molar-refractivity contribution in [3.8, 4) is 0 Å². The second-order valence-corrected chi connectivity index (χ2v) is 7.51. The Labute approximate surface area is 160 Å². The maximum atomic E-state index is 12.6. The van der Waals surface area contributed by atoms with Crippen LogP contribution < -0.4 is 15.5 Å². The summed E-state index contributed by atoms with van der Waals surface area (Å²) in [5.74, 6) is 0. The van der Waals surface area contributed by atoms with Crippen molar-refractivity contribution < 1.29 is 9.59 Å². The standard InChI is InChI=1S/C19H28N6O2/c1-22-7-12-25(19(22)27)16-4-2-3-15(13-16)21-18(26)24-10-8-23(9-11-24)17-5-6-20-14-17/h2-4,13,17,20H,5-12,14H2,1H3,(H,21,26)/t17-/m0/s1. The Balaban J connectivity index is 1.33. The molecule has 0 aromatic heterocycles. The molecular weight excluding hydrogens is 344 g/mol. The summed E-state index contributed by atoms with van der Waals surface area (Å²) in [5.41, 5.74) is 1.54. The fourth-order valence-corrected chi connectivity index (χ4v) is 4.08. The Bertz CT molecular complexity index is 697. The molecule has 4 rings (SSSR count). The molecule has 3 fully saturated rings. The smallest absolute Gasteiger partial charge is 0.324 e. The van der Waals surface area contributed by atoms with Crippen molar-refractivity contribution in [3.05, 3.63) is 24.3 Å². The van der Waals surface area contributed by atoms with Gasteiger partial charge in [0.15, 0.2) is 0 Å². The highest BCUT2D eigenvalue weighted by molar-refractivity contribution is 5.95. The molecular formula is C19H28N6O2. The Morgan fingerprint density at radius 1 is 1.15 bits per heavy atom. The molecule has 3 aliphatic heterocycles. The first-order valence-electron chi connectivity index (χ1n) is 9.75. The third-order valence-electron chi connectivity index (χ3n) is 5.78. The zero-order valence-corrected chi connectivity index (χ0v) is 15.9. The molecule has 8 nitrogen and oxygen atoms in total. The van der Waals surface area contributed by atoms with Gasteiger partial charge in [0.2, 0.25) is 0 Å². The molecule has 27 heavy (non-hydrogen) atoms. The maximum Gasteiger partial charge on any atom is 0.324 e. The predicted octanol–water partition coefficient (Wildman–Crippen LogP) is 1.07. The van der Waals surface area contributed by atoms with Crippen molar-refractivity contribution in [1.82, 2.24) is 20.0 Å². The van der Waals surface area contributed by atoms with E-state index in [0.29, 0.717) is 12.6 Å². The van der Waals surface area contributed by atoms with Crippen LogP contribution in [0.15, 0.2) is 24.3 Å². The van der Waals surface area contributed by atoms with Crippen LogP contribution in [-0.2, 0) is 0 Å². The van der Waals surface area contributed by atoms with E-state index in [9.17, 15) is 9.59 Å². The van der Waals surface area contributed by atoms with Crippen LogP contribution in [0.1, 0.15) is 6.42 Å². The van der Waals surface area contributed by atoms with Gasteiger partial charge in [-0.25, -0.2) is 9.59 Å². The van der Waals surface area contributed by atoms with Gasteiger partial charge >= 0.3 is 12.1 Å². The summed E-state index contributed by atoms with van der Waals surface area (Å²) in [6.45, 7) is 6.89. The number of likely N-dealkylation sites (N-methyl/N-ethyl adjacent to an activating group) is 1. The Morgan fingerprint density at radius 3 is 2.63 bits per heavy atom. The number of hydrogen-bond acceptors (Lipinski definition) is 4. The molecule has 0 aliphatic carbocycles. The van der Waals surface area contributed by atoms with Gasteiger partial charge in [-0.2, -0.15) is 0 Å². The number of rotatable bonds is 3. The predicted molar refractivity (Wildman–Crippen MR) is 105 cm³/mol. The number of amides is 4. The molecule has 1 atom stereocenters. The van der Waals surface area contributed by atoms with Crippen LogP contribution in [0.25, 0.3) is 0 Å².